The molecule has 3 rings (SSSR count). The standard InChI is InChI=1S/C15H23N3O2S/c1-17(2)21(19,20)14-5-3-4-13(15(14)16)18(12-8-9-12)10-11-6-7-11/h3-5,11-12H,6-10,16H2,1-2H3. The van der Waals surface area contributed by atoms with Crippen molar-refractivity contribution >= 4 is 21.4 Å². The monoisotopic (exact) mass is 309 g/mol. The smallest absolute Gasteiger partial charge is 0.244 e. The van der Waals surface area contributed by atoms with Crippen molar-refractivity contribution in [1.82, 2.24) is 4.31 Å². The van der Waals surface area contributed by atoms with Crippen molar-refractivity contribution in [3.05, 3.63) is 18.2 Å². The lowest BCUT2D eigenvalue weighted by molar-refractivity contribution is 0.521. The quantitative estimate of drug-likeness (QED) is 0.815. The Labute approximate surface area is 126 Å². The molecule has 0 radical (unpaired) electrons. The molecule has 0 amide bonds. The van der Waals surface area contributed by atoms with E-state index in [1.165, 1.54) is 44.1 Å². The molecule has 0 bridgehead atoms. The lowest BCUT2D eigenvalue weighted by atomic mass is 10.2. The lowest BCUT2D eigenvalue weighted by Gasteiger charge is -2.27. The van der Waals surface area contributed by atoms with Gasteiger partial charge >= 0.3 is 0 Å². The average Bonchev–Trinajstić information content (AvgIpc) is 3.29. The maximum Gasteiger partial charge on any atom is 0.244 e. The fourth-order valence-electron chi connectivity index (χ4n) is 2.61. The Kier molecular flexibility index (Phi) is 3.61. The molecule has 0 unspecified atom stereocenters. The summed E-state index contributed by atoms with van der Waals surface area (Å²) in [6.07, 6.45) is 4.91. The Morgan fingerprint density at radius 1 is 1.19 bits per heavy atom. The molecule has 0 heterocycles. The third-order valence-corrected chi connectivity index (χ3v) is 6.12. The Morgan fingerprint density at radius 3 is 2.38 bits per heavy atom. The summed E-state index contributed by atoms with van der Waals surface area (Å²) in [7, 11) is -0.436. The molecule has 0 aliphatic heterocycles. The van der Waals surface area contributed by atoms with Crippen LogP contribution in [0.15, 0.2) is 23.1 Å². The summed E-state index contributed by atoms with van der Waals surface area (Å²) >= 11 is 0. The van der Waals surface area contributed by atoms with Gasteiger partial charge in [-0.25, -0.2) is 12.7 Å². The zero-order valence-corrected chi connectivity index (χ0v) is 13.4. The first kappa shape index (κ1) is 14.7. The molecule has 0 spiro atoms. The Hall–Kier alpha value is -1.27. The molecule has 2 fully saturated rings. The minimum absolute atomic E-state index is 0.214. The molecule has 21 heavy (non-hydrogen) atoms. The SMILES string of the molecule is CN(C)S(=O)(=O)c1cccc(N(CC2CC2)C2CC2)c1N. The highest BCUT2D eigenvalue weighted by molar-refractivity contribution is 7.89. The molecule has 1 aromatic rings. The van der Waals surface area contributed by atoms with Gasteiger partial charge < -0.3 is 10.6 Å². The van der Waals surface area contributed by atoms with Crippen LogP contribution in [0.2, 0.25) is 0 Å². The highest BCUT2D eigenvalue weighted by atomic mass is 32.2. The molecule has 2 aliphatic carbocycles. The Morgan fingerprint density at radius 2 is 1.86 bits per heavy atom. The molecular formula is C15H23N3O2S. The predicted octanol–water partition coefficient (Wildman–Crippen LogP) is 1.90. The van der Waals surface area contributed by atoms with Gasteiger partial charge in [0.05, 0.1) is 11.4 Å². The summed E-state index contributed by atoms with van der Waals surface area (Å²) in [5.74, 6) is 0.749. The molecule has 0 aromatic heterocycles. The molecule has 1 aromatic carbocycles. The summed E-state index contributed by atoms with van der Waals surface area (Å²) < 4.78 is 26.0. The fraction of sp³-hybridized carbons (Fsp3) is 0.600. The summed E-state index contributed by atoms with van der Waals surface area (Å²) in [5, 5.41) is 0. The maximum atomic E-state index is 12.4. The number of anilines is 2. The number of benzene rings is 1. The van der Waals surface area contributed by atoms with Gasteiger partial charge in [-0.3, -0.25) is 0 Å². The van der Waals surface area contributed by atoms with Gasteiger partial charge in [-0.15, -0.1) is 0 Å². The van der Waals surface area contributed by atoms with E-state index in [9.17, 15) is 8.42 Å². The first-order valence-corrected chi connectivity index (χ1v) is 8.93. The van der Waals surface area contributed by atoms with E-state index in [1.54, 1.807) is 12.1 Å². The predicted molar refractivity (Wildman–Crippen MR) is 84.8 cm³/mol. The van der Waals surface area contributed by atoms with Crippen molar-refractivity contribution in [3.63, 3.8) is 0 Å². The molecular weight excluding hydrogens is 286 g/mol. The Bertz CT molecular complexity index is 634. The third kappa shape index (κ3) is 2.87. The van der Waals surface area contributed by atoms with E-state index < -0.39 is 10.0 Å². The minimum atomic E-state index is -3.50. The van der Waals surface area contributed by atoms with Crippen molar-refractivity contribution in [2.24, 2.45) is 5.92 Å². The highest BCUT2D eigenvalue weighted by Crippen LogP contribution is 2.41. The average molecular weight is 309 g/mol. The van der Waals surface area contributed by atoms with Crippen molar-refractivity contribution in [2.45, 2.75) is 36.6 Å². The molecule has 2 N–H and O–H groups in total. The second kappa shape index (κ2) is 5.18. The van der Waals surface area contributed by atoms with Gasteiger partial charge in [0.25, 0.3) is 0 Å². The fourth-order valence-corrected chi connectivity index (χ4v) is 3.64. The van der Waals surface area contributed by atoms with Crippen LogP contribution in [0.3, 0.4) is 0 Å². The highest BCUT2D eigenvalue weighted by Gasteiger charge is 2.35. The van der Waals surface area contributed by atoms with E-state index in [0.29, 0.717) is 11.7 Å². The van der Waals surface area contributed by atoms with Crippen LogP contribution >= 0.6 is 0 Å². The van der Waals surface area contributed by atoms with Crippen molar-refractivity contribution in [3.8, 4) is 0 Å². The number of para-hydroxylation sites is 1. The zero-order valence-electron chi connectivity index (χ0n) is 12.6. The van der Waals surface area contributed by atoms with E-state index >= 15 is 0 Å². The van der Waals surface area contributed by atoms with Gasteiger partial charge in [-0.2, -0.15) is 0 Å². The summed E-state index contributed by atoms with van der Waals surface area (Å²) in [6, 6.07) is 5.87. The molecule has 2 aliphatic rings. The van der Waals surface area contributed by atoms with Crippen LogP contribution < -0.4 is 10.6 Å². The molecule has 6 heteroatoms. The van der Waals surface area contributed by atoms with Gasteiger partial charge in [-0.1, -0.05) is 6.07 Å². The Balaban J connectivity index is 1.98. The van der Waals surface area contributed by atoms with Crippen LogP contribution in [0.25, 0.3) is 0 Å². The first-order chi connectivity index (χ1) is 9.91. The number of nitrogens with two attached hydrogens (primary N) is 1. The van der Waals surface area contributed by atoms with Crippen LogP contribution in [0.4, 0.5) is 11.4 Å². The van der Waals surface area contributed by atoms with Gasteiger partial charge in [0.1, 0.15) is 4.90 Å². The summed E-state index contributed by atoms with van der Waals surface area (Å²) in [6.45, 7) is 1.00. The molecule has 116 valence electrons. The molecule has 0 atom stereocenters. The van der Waals surface area contributed by atoms with Gasteiger partial charge in [0, 0.05) is 26.7 Å². The molecule has 5 nitrogen and oxygen atoms in total. The van der Waals surface area contributed by atoms with Crippen LogP contribution in [0.1, 0.15) is 25.7 Å². The second-order valence-electron chi connectivity index (χ2n) is 6.30. The lowest BCUT2D eigenvalue weighted by Crippen LogP contribution is -2.30. The van der Waals surface area contributed by atoms with Crippen LogP contribution in [-0.4, -0.2) is 39.4 Å². The zero-order chi connectivity index (χ0) is 15.2. The van der Waals surface area contributed by atoms with Crippen LogP contribution in [0.5, 0.6) is 0 Å². The number of nitrogens with zero attached hydrogens (tertiary/aromatic N) is 2. The number of nitrogen functional groups attached to an aromatic ring is 1. The van der Waals surface area contributed by atoms with Gasteiger partial charge in [0.2, 0.25) is 10.0 Å². The minimum Gasteiger partial charge on any atom is -0.396 e. The molecule has 0 saturated heterocycles. The number of rotatable bonds is 6. The summed E-state index contributed by atoms with van der Waals surface area (Å²) in [5.41, 5.74) is 7.49. The second-order valence-corrected chi connectivity index (χ2v) is 8.42. The number of hydrogen-bond donors (Lipinski definition) is 1. The first-order valence-electron chi connectivity index (χ1n) is 7.49. The molecule has 2 saturated carbocycles. The van der Waals surface area contributed by atoms with Gasteiger partial charge in [-0.05, 0) is 43.7 Å². The number of hydrogen-bond acceptors (Lipinski definition) is 4. The van der Waals surface area contributed by atoms with E-state index in [4.69, 9.17) is 5.73 Å². The van der Waals surface area contributed by atoms with E-state index in [1.807, 2.05) is 6.07 Å². The third-order valence-electron chi connectivity index (χ3n) is 4.25. The van der Waals surface area contributed by atoms with Crippen LogP contribution in [-0.2, 0) is 10.0 Å². The maximum absolute atomic E-state index is 12.4. The normalized spacial score (nSPS) is 19.0. The summed E-state index contributed by atoms with van der Waals surface area (Å²) in [4.78, 5) is 2.54. The largest absolute Gasteiger partial charge is 0.396 e. The van der Waals surface area contributed by atoms with Crippen molar-refractivity contribution < 1.29 is 8.42 Å². The van der Waals surface area contributed by atoms with E-state index in [0.717, 1.165) is 18.2 Å². The van der Waals surface area contributed by atoms with E-state index in [2.05, 4.69) is 4.90 Å². The topological polar surface area (TPSA) is 66.6 Å². The number of sulfonamides is 1. The van der Waals surface area contributed by atoms with Crippen LogP contribution in [0, 0.1) is 5.92 Å². The van der Waals surface area contributed by atoms with Crippen molar-refractivity contribution in [1.29, 1.82) is 0 Å². The van der Waals surface area contributed by atoms with Crippen molar-refractivity contribution in [2.75, 3.05) is 31.3 Å². The van der Waals surface area contributed by atoms with E-state index in [-0.39, 0.29) is 4.90 Å². The van der Waals surface area contributed by atoms with Gasteiger partial charge in [0.15, 0.2) is 0 Å².